The summed E-state index contributed by atoms with van der Waals surface area (Å²) in [6, 6.07) is 35.4. The Morgan fingerprint density at radius 2 is 1.26 bits per heavy atom. The van der Waals surface area contributed by atoms with Gasteiger partial charge in [0.05, 0.1) is 29.0 Å². The fourth-order valence-electron chi connectivity index (χ4n) is 5.35. The van der Waals surface area contributed by atoms with Crippen molar-refractivity contribution in [2.75, 3.05) is 31.5 Å². The smallest absolute Gasteiger partial charge is 0.261 e. The Kier molecular flexibility index (Phi) is 9.81. The van der Waals surface area contributed by atoms with E-state index in [0.717, 1.165) is 13.1 Å². The van der Waals surface area contributed by atoms with E-state index in [1.54, 1.807) is 30.3 Å². The second-order valence-corrected chi connectivity index (χ2v) is 11.1. The Morgan fingerprint density at radius 3 is 1.86 bits per heavy atom. The number of hydrogen-bond donors (Lipinski definition) is 2. The van der Waals surface area contributed by atoms with Crippen LogP contribution in [0.2, 0.25) is 0 Å². The fourth-order valence-corrected chi connectivity index (χ4v) is 5.55. The van der Waals surface area contributed by atoms with E-state index in [9.17, 15) is 9.59 Å². The number of thiocarbonyl (C=S) groups is 1. The maximum atomic E-state index is 13.7. The third kappa shape index (κ3) is 7.46. The highest BCUT2D eigenvalue weighted by atomic mass is 32.1. The number of rotatable bonds is 8. The van der Waals surface area contributed by atoms with Crippen LogP contribution in [0.25, 0.3) is 0 Å². The number of nitrogens with one attached hydrogen (secondary N) is 2. The molecule has 1 aliphatic heterocycles. The number of ether oxygens (including phenoxy) is 1. The van der Waals surface area contributed by atoms with E-state index >= 15 is 0 Å². The van der Waals surface area contributed by atoms with E-state index in [-0.39, 0.29) is 29.1 Å². The van der Waals surface area contributed by atoms with Crippen LogP contribution < -0.4 is 15.4 Å². The molecule has 0 spiro atoms. The monoisotopic (exact) mass is 592 g/mol. The number of benzene rings is 4. The van der Waals surface area contributed by atoms with Gasteiger partial charge >= 0.3 is 0 Å². The van der Waals surface area contributed by atoms with Crippen molar-refractivity contribution in [3.63, 3.8) is 0 Å². The topological polar surface area (TPSA) is 73.9 Å². The van der Waals surface area contributed by atoms with Gasteiger partial charge in [-0.2, -0.15) is 0 Å². The maximum absolute atomic E-state index is 13.7. The van der Waals surface area contributed by atoms with Crippen LogP contribution in [0.1, 0.15) is 51.7 Å². The molecule has 0 aromatic heterocycles. The summed E-state index contributed by atoms with van der Waals surface area (Å²) in [5.74, 6) is 0.0119. The lowest BCUT2D eigenvalue weighted by Gasteiger charge is -2.40. The van der Waals surface area contributed by atoms with Crippen LogP contribution in [0.15, 0.2) is 109 Å². The van der Waals surface area contributed by atoms with Crippen molar-refractivity contribution < 1.29 is 14.3 Å². The number of anilines is 1. The number of piperazine rings is 1. The third-order valence-electron chi connectivity index (χ3n) is 7.32. The van der Waals surface area contributed by atoms with Crippen molar-refractivity contribution in [1.82, 2.24) is 15.1 Å². The summed E-state index contributed by atoms with van der Waals surface area (Å²) >= 11 is 5.47. The van der Waals surface area contributed by atoms with Crippen molar-refractivity contribution in [3.8, 4) is 5.75 Å². The fraction of sp³-hybridized carbons (Fsp3) is 0.229. The lowest BCUT2D eigenvalue weighted by atomic mass is 9.96. The van der Waals surface area contributed by atoms with Gasteiger partial charge in [0.1, 0.15) is 5.75 Å². The molecule has 0 saturated carbocycles. The minimum absolute atomic E-state index is 0.0801. The first-order valence-corrected chi connectivity index (χ1v) is 14.9. The molecule has 0 bridgehead atoms. The van der Waals surface area contributed by atoms with Crippen LogP contribution in [0.4, 0.5) is 5.69 Å². The van der Waals surface area contributed by atoms with E-state index < -0.39 is 0 Å². The molecule has 0 aliphatic carbocycles. The largest absolute Gasteiger partial charge is 0.490 e. The van der Waals surface area contributed by atoms with Crippen LogP contribution in [0.5, 0.6) is 5.75 Å². The highest BCUT2D eigenvalue weighted by Crippen LogP contribution is 2.30. The molecule has 0 unspecified atom stereocenters. The minimum atomic E-state index is -0.389. The van der Waals surface area contributed by atoms with Gasteiger partial charge in [-0.25, -0.2) is 0 Å². The summed E-state index contributed by atoms with van der Waals surface area (Å²) in [4.78, 5) is 31.1. The lowest BCUT2D eigenvalue weighted by molar-refractivity contribution is 0.0598. The molecular formula is C35H36N4O3S. The number of amides is 2. The zero-order valence-electron chi connectivity index (χ0n) is 24.4. The predicted octanol–water partition coefficient (Wildman–Crippen LogP) is 6.15. The molecule has 1 saturated heterocycles. The lowest BCUT2D eigenvalue weighted by Crippen LogP contribution is -2.50. The van der Waals surface area contributed by atoms with E-state index in [0.29, 0.717) is 35.7 Å². The predicted molar refractivity (Wildman–Crippen MR) is 175 cm³/mol. The molecule has 220 valence electrons. The standard InChI is InChI=1S/C35H36N4O3S/c1-25(2)42-31-20-12-10-18-29(31)33(40)37-35(43)36-30-19-11-9-17-28(30)34(41)39-23-21-38(22-24-39)32(26-13-5-3-6-14-26)27-15-7-4-8-16-27/h3-20,25,32H,21-24H2,1-2H3,(H2,36,37,40,43). The van der Waals surface area contributed by atoms with Crippen LogP contribution in [0, 0.1) is 0 Å². The van der Waals surface area contributed by atoms with E-state index in [2.05, 4.69) is 64.1 Å². The molecule has 0 radical (unpaired) electrons. The van der Waals surface area contributed by atoms with E-state index in [1.807, 2.05) is 49.1 Å². The highest BCUT2D eigenvalue weighted by Gasteiger charge is 2.29. The van der Waals surface area contributed by atoms with E-state index in [1.165, 1.54) is 11.1 Å². The second kappa shape index (κ2) is 14.1. The molecule has 43 heavy (non-hydrogen) atoms. The molecule has 4 aromatic rings. The van der Waals surface area contributed by atoms with Gasteiger partial charge in [0.25, 0.3) is 11.8 Å². The van der Waals surface area contributed by atoms with Gasteiger partial charge in [-0.3, -0.25) is 19.8 Å². The average molecular weight is 593 g/mol. The van der Waals surface area contributed by atoms with Gasteiger partial charge in [0.15, 0.2) is 5.11 Å². The van der Waals surface area contributed by atoms with Gasteiger partial charge in [-0.15, -0.1) is 0 Å². The summed E-state index contributed by atoms with van der Waals surface area (Å²) in [7, 11) is 0. The van der Waals surface area contributed by atoms with Crippen LogP contribution in [-0.4, -0.2) is 59.0 Å². The first-order chi connectivity index (χ1) is 20.9. The zero-order valence-corrected chi connectivity index (χ0v) is 25.2. The molecule has 1 fully saturated rings. The number of carbonyl (C=O) groups is 2. The normalized spacial score (nSPS) is 13.5. The highest BCUT2D eigenvalue weighted by molar-refractivity contribution is 7.80. The molecule has 2 N–H and O–H groups in total. The minimum Gasteiger partial charge on any atom is -0.490 e. The molecule has 1 heterocycles. The Morgan fingerprint density at radius 1 is 0.721 bits per heavy atom. The van der Waals surface area contributed by atoms with Gasteiger partial charge in [-0.1, -0.05) is 84.9 Å². The Labute approximate surface area is 258 Å². The summed E-state index contributed by atoms with van der Waals surface area (Å²) in [5, 5.41) is 5.89. The molecule has 5 rings (SSSR count). The second-order valence-electron chi connectivity index (χ2n) is 10.7. The van der Waals surface area contributed by atoms with Gasteiger partial charge < -0.3 is 15.0 Å². The molecule has 7 nitrogen and oxygen atoms in total. The van der Waals surface area contributed by atoms with E-state index in [4.69, 9.17) is 17.0 Å². The summed E-state index contributed by atoms with van der Waals surface area (Å²) in [5.41, 5.74) is 3.89. The number of carbonyl (C=O) groups excluding carboxylic acids is 2. The average Bonchev–Trinajstić information content (AvgIpc) is 3.02. The number of para-hydroxylation sites is 2. The Balaban J connectivity index is 1.25. The Hall–Kier alpha value is -4.53. The molecule has 0 atom stereocenters. The van der Waals surface area contributed by atoms with Crippen LogP contribution in [0.3, 0.4) is 0 Å². The van der Waals surface area contributed by atoms with Crippen LogP contribution >= 0.6 is 12.2 Å². The molecule has 2 amide bonds. The van der Waals surface area contributed by atoms with Crippen molar-refractivity contribution in [2.24, 2.45) is 0 Å². The molecular weight excluding hydrogens is 556 g/mol. The quantitative estimate of drug-likeness (QED) is 0.239. The molecule has 1 aliphatic rings. The van der Waals surface area contributed by atoms with Gasteiger partial charge in [0.2, 0.25) is 0 Å². The molecule has 8 heteroatoms. The zero-order chi connectivity index (χ0) is 30.2. The molecule has 4 aromatic carbocycles. The van der Waals surface area contributed by atoms with Crippen molar-refractivity contribution >= 4 is 34.8 Å². The SMILES string of the molecule is CC(C)Oc1ccccc1C(=O)NC(=S)Nc1ccccc1C(=O)N1CCN(C(c2ccccc2)c2ccccc2)CC1. The Bertz CT molecular complexity index is 1510. The summed E-state index contributed by atoms with van der Waals surface area (Å²) in [6.07, 6.45) is -0.0821. The first-order valence-electron chi connectivity index (χ1n) is 14.5. The first kappa shape index (κ1) is 29.9. The van der Waals surface area contributed by atoms with Crippen LogP contribution in [-0.2, 0) is 0 Å². The maximum Gasteiger partial charge on any atom is 0.261 e. The van der Waals surface area contributed by atoms with Gasteiger partial charge in [0, 0.05) is 26.2 Å². The number of nitrogens with zero attached hydrogens (tertiary/aromatic N) is 2. The number of hydrogen-bond acceptors (Lipinski definition) is 5. The van der Waals surface area contributed by atoms with Crippen molar-refractivity contribution in [1.29, 1.82) is 0 Å². The third-order valence-corrected chi connectivity index (χ3v) is 7.53. The van der Waals surface area contributed by atoms with Crippen molar-refractivity contribution in [3.05, 3.63) is 131 Å². The summed E-state index contributed by atoms with van der Waals surface area (Å²) < 4.78 is 5.78. The summed E-state index contributed by atoms with van der Waals surface area (Å²) in [6.45, 7) is 6.47. The van der Waals surface area contributed by atoms with Gasteiger partial charge in [-0.05, 0) is 61.5 Å². The van der Waals surface area contributed by atoms with Crippen molar-refractivity contribution in [2.45, 2.75) is 26.0 Å².